The van der Waals surface area contributed by atoms with Gasteiger partial charge >= 0.3 is 0 Å². The van der Waals surface area contributed by atoms with Crippen LogP contribution in [0.5, 0.6) is 0 Å². The zero-order valence-electron chi connectivity index (χ0n) is 7.36. The molecule has 1 saturated carbocycles. The van der Waals surface area contributed by atoms with Gasteiger partial charge in [0.05, 0.1) is 0 Å². The van der Waals surface area contributed by atoms with E-state index < -0.39 is 6.10 Å². The van der Waals surface area contributed by atoms with Gasteiger partial charge in [-0.1, -0.05) is 0 Å². The van der Waals surface area contributed by atoms with Crippen LogP contribution in [0.4, 0.5) is 0 Å². The molecular weight excluding hydrogens is 186 g/mol. The molecule has 3 nitrogen and oxygen atoms in total. The average Bonchev–Trinajstić information content (AvgIpc) is 2.81. The van der Waals surface area contributed by atoms with Crippen molar-refractivity contribution in [3.05, 3.63) is 16.1 Å². The van der Waals surface area contributed by atoms with Crippen LogP contribution in [0.25, 0.3) is 0 Å². The molecule has 70 valence electrons. The topological polar surface area (TPSA) is 50.2 Å². The van der Waals surface area contributed by atoms with E-state index in [4.69, 9.17) is 0 Å². The van der Waals surface area contributed by atoms with E-state index >= 15 is 0 Å². The molecule has 1 aliphatic carbocycles. The maximum absolute atomic E-state index is 10.9. The number of carbonyl (C=O) groups excluding carboxylic acids is 1. The molecule has 2 rings (SSSR count). The molecule has 0 aromatic carbocycles. The number of nitrogens with zero attached hydrogens (tertiary/aromatic N) is 1. The second kappa shape index (κ2) is 3.20. The van der Waals surface area contributed by atoms with Crippen LogP contribution in [0.3, 0.4) is 0 Å². The van der Waals surface area contributed by atoms with Crippen LogP contribution < -0.4 is 0 Å². The third-order valence-corrected chi connectivity index (χ3v) is 3.12. The van der Waals surface area contributed by atoms with Gasteiger partial charge in [-0.05, 0) is 18.8 Å². The first-order valence-corrected chi connectivity index (χ1v) is 5.21. The van der Waals surface area contributed by atoms with E-state index in [-0.39, 0.29) is 5.78 Å². The molecule has 1 unspecified atom stereocenters. The maximum atomic E-state index is 10.9. The number of aliphatic hydroxyl groups excluding tert-OH is 1. The summed E-state index contributed by atoms with van der Waals surface area (Å²) in [5, 5.41) is 12.1. The van der Waals surface area contributed by atoms with Crippen molar-refractivity contribution in [2.75, 3.05) is 0 Å². The number of rotatable bonds is 3. The van der Waals surface area contributed by atoms with Crippen LogP contribution in [0.15, 0.2) is 5.38 Å². The lowest BCUT2D eigenvalue weighted by molar-refractivity contribution is 0.101. The maximum Gasteiger partial charge on any atom is 0.178 e. The molecule has 1 N–H and O–H groups in total. The van der Waals surface area contributed by atoms with Crippen molar-refractivity contribution in [2.45, 2.75) is 25.9 Å². The van der Waals surface area contributed by atoms with Crippen LogP contribution in [0, 0.1) is 5.92 Å². The molecule has 0 aliphatic heterocycles. The third kappa shape index (κ3) is 1.78. The highest BCUT2D eigenvalue weighted by molar-refractivity contribution is 7.09. The number of aromatic nitrogens is 1. The predicted octanol–water partition coefficient (Wildman–Crippen LogP) is 1.79. The summed E-state index contributed by atoms with van der Waals surface area (Å²) in [5.41, 5.74) is 0.472. The zero-order valence-corrected chi connectivity index (χ0v) is 8.17. The van der Waals surface area contributed by atoms with E-state index in [1.54, 1.807) is 5.38 Å². The van der Waals surface area contributed by atoms with E-state index in [0.717, 1.165) is 12.8 Å². The first kappa shape index (κ1) is 8.84. The molecule has 0 amide bonds. The average molecular weight is 197 g/mol. The Morgan fingerprint density at radius 3 is 2.92 bits per heavy atom. The predicted molar refractivity (Wildman–Crippen MR) is 49.8 cm³/mol. The number of hydrogen-bond acceptors (Lipinski definition) is 4. The Hall–Kier alpha value is -0.740. The summed E-state index contributed by atoms with van der Waals surface area (Å²) in [6.45, 7) is 1.49. The first-order valence-electron chi connectivity index (χ1n) is 4.33. The van der Waals surface area contributed by atoms with Crippen LogP contribution >= 0.6 is 11.3 Å². The molecule has 1 fully saturated rings. The van der Waals surface area contributed by atoms with Gasteiger partial charge in [0.1, 0.15) is 16.8 Å². The molecule has 0 saturated heterocycles. The van der Waals surface area contributed by atoms with E-state index in [0.29, 0.717) is 16.6 Å². The van der Waals surface area contributed by atoms with Crippen molar-refractivity contribution < 1.29 is 9.90 Å². The molecule has 0 spiro atoms. The Morgan fingerprint density at radius 1 is 1.77 bits per heavy atom. The molecule has 0 bridgehead atoms. The molecular formula is C9H11NO2S. The Labute approximate surface area is 80.4 Å². The summed E-state index contributed by atoms with van der Waals surface area (Å²) in [6, 6.07) is 0. The fraction of sp³-hybridized carbons (Fsp3) is 0.556. The molecule has 1 aromatic heterocycles. The Bertz CT molecular complexity index is 330. The van der Waals surface area contributed by atoms with Gasteiger partial charge in [-0.2, -0.15) is 0 Å². The smallest absolute Gasteiger partial charge is 0.178 e. The lowest BCUT2D eigenvalue weighted by Gasteiger charge is -2.02. The summed E-state index contributed by atoms with van der Waals surface area (Å²) in [5.74, 6) is 0.344. The summed E-state index contributed by atoms with van der Waals surface area (Å²) in [7, 11) is 0. The SMILES string of the molecule is CC(=O)c1csc(C(O)C2CC2)n1. The van der Waals surface area contributed by atoms with Crippen LogP contribution in [-0.4, -0.2) is 15.9 Å². The van der Waals surface area contributed by atoms with Gasteiger partial charge in [0.2, 0.25) is 0 Å². The highest BCUT2D eigenvalue weighted by Gasteiger charge is 2.32. The second-order valence-corrected chi connectivity index (χ2v) is 4.30. The van der Waals surface area contributed by atoms with Crippen LogP contribution in [0.2, 0.25) is 0 Å². The van der Waals surface area contributed by atoms with Crippen molar-refractivity contribution in [3.63, 3.8) is 0 Å². The summed E-state index contributed by atoms with van der Waals surface area (Å²) in [4.78, 5) is 15.0. The van der Waals surface area contributed by atoms with E-state index in [9.17, 15) is 9.90 Å². The highest BCUT2D eigenvalue weighted by atomic mass is 32.1. The van der Waals surface area contributed by atoms with Gasteiger partial charge in [-0.15, -0.1) is 11.3 Å². The molecule has 13 heavy (non-hydrogen) atoms. The number of aliphatic hydroxyl groups is 1. The summed E-state index contributed by atoms with van der Waals surface area (Å²) < 4.78 is 0. The number of ketones is 1. The van der Waals surface area contributed by atoms with Crippen molar-refractivity contribution in [1.29, 1.82) is 0 Å². The molecule has 1 heterocycles. The van der Waals surface area contributed by atoms with Crippen LogP contribution in [0.1, 0.15) is 41.4 Å². The fourth-order valence-electron chi connectivity index (χ4n) is 1.20. The Balaban J connectivity index is 2.16. The quantitative estimate of drug-likeness (QED) is 0.751. The molecule has 0 radical (unpaired) electrons. The minimum atomic E-state index is -0.446. The highest BCUT2D eigenvalue weighted by Crippen LogP contribution is 2.41. The standard InChI is InChI=1S/C9H11NO2S/c1-5(11)7-4-13-9(10-7)8(12)6-2-3-6/h4,6,8,12H,2-3H2,1H3. The normalized spacial score (nSPS) is 18.6. The Kier molecular flexibility index (Phi) is 2.17. The minimum absolute atomic E-state index is 0.0366. The van der Waals surface area contributed by atoms with E-state index in [2.05, 4.69) is 4.98 Å². The largest absolute Gasteiger partial charge is 0.386 e. The van der Waals surface area contributed by atoms with Crippen molar-refractivity contribution in [3.8, 4) is 0 Å². The molecule has 1 aliphatic rings. The fourth-order valence-corrected chi connectivity index (χ4v) is 2.13. The van der Waals surface area contributed by atoms with Gasteiger partial charge in [0.15, 0.2) is 5.78 Å². The van der Waals surface area contributed by atoms with E-state index in [1.807, 2.05) is 0 Å². The lowest BCUT2D eigenvalue weighted by atomic mass is 10.2. The molecule has 1 aromatic rings. The minimum Gasteiger partial charge on any atom is -0.386 e. The number of Topliss-reactive ketones (excluding diaryl/α,β-unsaturated/α-hetero) is 1. The number of carbonyl (C=O) groups is 1. The number of thiazole rings is 1. The van der Waals surface area contributed by atoms with E-state index in [1.165, 1.54) is 18.3 Å². The van der Waals surface area contributed by atoms with Gasteiger partial charge in [0, 0.05) is 12.3 Å². The van der Waals surface area contributed by atoms with Crippen molar-refractivity contribution in [2.24, 2.45) is 5.92 Å². The summed E-state index contributed by atoms with van der Waals surface area (Å²) in [6.07, 6.45) is 1.71. The lowest BCUT2D eigenvalue weighted by Crippen LogP contribution is -2.00. The zero-order chi connectivity index (χ0) is 9.42. The second-order valence-electron chi connectivity index (χ2n) is 3.41. The first-order chi connectivity index (χ1) is 6.18. The van der Waals surface area contributed by atoms with Gasteiger partial charge < -0.3 is 5.11 Å². The third-order valence-electron chi connectivity index (χ3n) is 2.20. The number of hydrogen-bond donors (Lipinski definition) is 1. The molecule has 4 heteroatoms. The van der Waals surface area contributed by atoms with Crippen molar-refractivity contribution in [1.82, 2.24) is 4.98 Å². The van der Waals surface area contributed by atoms with Crippen LogP contribution in [-0.2, 0) is 0 Å². The molecule has 1 atom stereocenters. The van der Waals surface area contributed by atoms with Gasteiger partial charge in [0.25, 0.3) is 0 Å². The summed E-state index contributed by atoms with van der Waals surface area (Å²) >= 11 is 1.37. The monoisotopic (exact) mass is 197 g/mol. The Morgan fingerprint density at radius 2 is 2.46 bits per heavy atom. The van der Waals surface area contributed by atoms with Crippen molar-refractivity contribution >= 4 is 17.1 Å². The van der Waals surface area contributed by atoms with Gasteiger partial charge in [-0.3, -0.25) is 4.79 Å². The van der Waals surface area contributed by atoms with Gasteiger partial charge in [-0.25, -0.2) is 4.98 Å².